The number of fused-ring (bicyclic) bond motifs is 2. The smallest absolute Gasteiger partial charge is 0.295 e. The number of likely N-dealkylation sites (tertiary alicyclic amines) is 1. The van der Waals surface area contributed by atoms with E-state index < -0.39 is 17.5 Å². The number of halogens is 1. The number of hydrazine groups is 1. The van der Waals surface area contributed by atoms with E-state index in [1.165, 1.54) is 23.5 Å². The second kappa shape index (κ2) is 10.3. The predicted molar refractivity (Wildman–Crippen MR) is 150 cm³/mol. The molecule has 0 atom stereocenters. The molecule has 0 unspecified atom stereocenters. The van der Waals surface area contributed by atoms with E-state index in [2.05, 4.69) is 14.5 Å². The van der Waals surface area contributed by atoms with Gasteiger partial charge in [-0.1, -0.05) is 30.3 Å². The molecule has 1 amide bonds. The standard InChI is InChI=1S/C29H27FN8O2/c30-21-17-34-28(37(32)15-12-31)25-24(21)20(16-33-25)26(39)29(40)36-13-10-18(11-14-36)27-35-22-8-4-5-9-23(22)38(27)19-6-2-1-3-7-19/h1-9,12,15-18,33H,10-11,13-14,31-32H2/b15-12-. The number of nitrogens with one attached hydrogen (secondary N) is 1. The van der Waals surface area contributed by atoms with Crippen molar-refractivity contribution in [2.45, 2.75) is 18.8 Å². The van der Waals surface area contributed by atoms with Crippen LogP contribution in [0, 0.1) is 5.82 Å². The molecule has 0 bridgehead atoms. The quantitative estimate of drug-likeness (QED) is 0.130. The maximum absolute atomic E-state index is 14.8. The molecule has 202 valence electrons. The highest BCUT2D eigenvalue weighted by atomic mass is 19.1. The number of imidazole rings is 1. The summed E-state index contributed by atoms with van der Waals surface area (Å²) in [5, 5.41) is 1.05. The van der Waals surface area contributed by atoms with E-state index in [1.54, 1.807) is 0 Å². The first-order valence-corrected chi connectivity index (χ1v) is 12.9. The van der Waals surface area contributed by atoms with E-state index in [4.69, 9.17) is 16.6 Å². The van der Waals surface area contributed by atoms with Crippen molar-refractivity contribution in [3.8, 4) is 5.69 Å². The van der Waals surface area contributed by atoms with Gasteiger partial charge >= 0.3 is 0 Å². The molecule has 0 saturated carbocycles. The van der Waals surface area contributed by atoms with Crippen molar-refractivity contribution in [3.63, 3.8) is 0 Å². The van der Waals surface area contributed by atoms with Gasteiger partial charge in [-0.15, -0.1) is 0 Å². The highest BCUT2D eigenvalue weighted by Gasteiger charge is 2.32. The molecule has 0 aliphatic carbocycles. The molecule has 0 spiro atoms. The molecule has 40 heavy (non-hydrogen) atoms. The zero-order valence-corrected chi connectivity index (χ0v) is 21.5. The summed E-state index contributed by atoms with van der Waals surface area (Å²) >= 11 is 0. The number of piperidine rings is 1. The summed E-state index contributed by atoms with van der Waals surface area (Å²) in [6.07, 6.45) is 6.09. The van der Waals surface area contributed by atoms with Gasteiger partial charge in [0.25, 0.3) is 11.7 Å². The number of amides is 1. The zero-order valence-electron chi connectivity index (χ0n) is 21.5. The monoisotopic (exact) mass is 538 g/mol. The van der Waals surface area contributed by atoms with Crippen LogP contribution in [-0.4, -0.2) is 49.2 Å². The van der Waals surface area contributed by atoms with Gasteiger partial charge in [-0.3, -0.25) is 19.2 Å². The van der Waals surface area contributed by atoms with Crippen LogP contribution in [0.5, 0.6) is 0 Å². The van der Waals surface area contributed by atoms with Gasteiger partial charge in [0.15, 0.2) is 11.6 Å². The second-order valence-corrected chi connectivity index (χ2v) is 9.66. The van der Waals surface area contributed by atoms with E-state index in [0.717, 1.165) is 33.8 Å². The Morgan fingerprint density at radius 3 is 2.55 bits per heavy atom. The number of anilines is 1. The fourth-order valence-electron chi connectivity index (χ4n) is 5.40. The van der Waals surface area contributed by atoms with E-state index in [1.807, 2.05) is 54.6 Å². The fraction of sp³-hybridized carbons (Fsp3) is 0.172. The zero-order chi connectivity index (χ0) is 27.8. The first kappa shape index (κ1) is 25.3. The summed E-state index contributed by atoms with van der Waals surface area (Å²) in [6.45, 7) is 0.755. The summed E-state index contributed by atoms with van der Waals surface area (Å²) in [5.41, 5.74) is 8.46. The molecule has 1 saturated heterocycles. The van der Waals surface area contributed by atoms with Crippen molar-refractivity contribution in [1.29, 1.82) is 0 Å². The molecule has 1 fully saturated rings. The van der Waals surface area contributed by atoms with Crippen LogP contribution in [0.25, 0.3) is 27.6 Å². The van der Waals surface area contributed by atoms with Gasteiger partial charge in [0.1, 0.15) is 5.82 Å². The van der Waals surface area contributed by atoms with Crippen molar-refractivity contribution in [2.24, 2.45) is 11.6 Å². The normalized spacial score (nSPS) is 14.4. The predicted octanol–water partition coefficient (Wildman–Crippen LogP) is 3.74. The van der Waals surface area contributed by atoms with Crippen molar-refractivity contribution >= 4 is 39.4 Å². The number of H-pyrrole nitrogens is 1. The minimum Gasteiger partial charge on any atom is -0.403 e. The van der Waals surface area contributed by atoms with E-state index >= 15 is 0 Å². The first-order chi connectivity index (χ1) is 19.5. The van der Waals surface area contributed by atoms with E-state index in [9.17, 15) is 14.0 Å². The van der Waals surface area contributed by atoms with Crippen LogP contribution in [0.1, 0.15) is 34.9 Å². The molecule has 1 aliphatic heterocycles. The summed E-state index contributed by atoms with van der Waals surface area (Å²) in [7, 11) is 0. The lowest BCUT2D eigenvalue weighted by atomic mass is 9.95. The molecular formula is C29H27FN8O2. The number of Topliss-reactive ketones (excluding diaryl/α,β-unsaturated/α-hetero) is 1. The lowest BCUT2D eigenvalue weighted by Crippen LogP contribution is -2.42. The number of hydrogen-bond donors (Lipinski definition) is 3. The maximum atomic E-state index is 14.8. The number of ketones is 1. The average molecular weight is 539 g/mol. The van der Waals surface area contributed by atoms with Crippen LogP contribution in [0.3, 0.4) is 0 Å². The van der Waals surface area contributed by atoms with Crippen LogP contribution >= 0.6 is 0 Å². The van der Waals surface area contributed by atoms with Crippen molar-refractivity contribution in [3.05, 3.63) is 96.6 Å². The number of para-hydroxylation sites is 3. The lowest BCUT2D eigenvalue weighted by Gasteiger charge is -2.31. The third-order valence-corrected chi connectivity index (χ3v) is 7.32. The Morgan fingerprint density at radius 2 is 1.80 bits per heavy atom. The van der Waals surface area contributed by atoms with Crippen LogP contribution < -0.4 is 16.6 Å². The number of benzene rings is 2. The van der Waals surface area contributed by atoms with Crippen LogP contribution in [-0.2, 0) is 4.79 Å². The van der Waals surface area contributed by atoms with Crippen molar-refractivity contribution < 1.29 is 14.0 Å². The number of aromatic amines is 1. The van der Waals surface area contributed by atoms with Crippen molar-refractivity contribution in [2.75, 3.05) is 18.1 Å². The third-order valence-electron chi connectivity index (χ3n) is 7.32. The SMILES string of the molecule is N/C=C\N(N)c1ncc(F)c2c(C(=O)C(=O)N3CCC(c4nc5ccccc5n4-c4ccccc4)CC3)c[nH]c12. The summed E-state index contributed by atoms with van der Waals surface area (Å²) in [4.78, 5) is 39.9. The fourth-order valence-corrected chi connectivity index (χ4v) is 5.40. The Bertz CT molecular complexity index is 1750. The van der Waals surface area contributed by atoms with Gasteiger partial charge in [-0.05, 0) is 37.1 Å². The van der Waals surface area contributed by atoms with Gasteiger partial charge in [0.2, 0.25) is 0 Å². The van der Waals surface area contributed by atoms with Crippen LogP contribution in [0.15, 0.2) is 79.4 Å². The molecule has 11 heteroatoms. The summed E-state index contributed by atoms with van der Waals surface area (Å²) in [6, 6.07) is 18.1. The molecule has 4 heterocycles. The number of carbonyl (C=O) groups excluding carboxylic acids is 2. The number of rotatable bonds is 6. The molecule has 6 rings (SSSR count). The topological polar surface area (TPSA) is 139 Å². The Hall–Kier alpha value is -5.03. The third kappa shape index (κ3) is 4.26. The summed E-state index contributed by atoms with van der Waals surface area (Å²) < 4.78 is 17.0. The maximum Gasteiger partial charge on any atom is 0.295 e. The van der Waals surface area contributed by atoms with Crippen LogP contribution in [0.4, 0.5) is 10.2 Å². The Morgan fingerprint density at radius 1 is 1.07 bits per heavy atom. The number of carbonyl (C=O) groups is 2. The Kier molecular flexibility index (Phi) is 6.48. The molecular weight excluding hydrogens is 511 g/mol. The molecule has 1 aliphatic rings. The van der Waals surface area contributed by atoms with Gasteiger partial charge in [-0.25, -0.2) is 20.2 Å². The van der Waals surface area contributed by atoms with Gasteiger partial charge in [0.05, 0.1) is 33.7 Å². The number of nitrogens with two attached hydrogens (primary N) is 2. The number of hydrogen-bond acceptors (Lipinski definition) is 7. The number of pyridine rings is 1. The molecule has 2 aromatic carbocycles. The molecule has 0 radical (unpaired) electrons. The Balaban J connectivity index is 1.24. The largest absolute Gasteiger partial charge is 0.403 e. The van der Waals surface area contributed by atoms with Crippen LogP contribution in [0.2, 0.25) is 0 Å². The number of aromatic nitrogens is 4. The minimum atomic E-state index is -0.796. The molecule has 3 aromatic heterocycles. The van der Waals surface area contributed by atoms with Gasteiger partial charge in [0, 0.05) is 43.3 Å². The Labute approximate surface area is 228 Å². The second-order valence-electron chi connectivity index (χ2n) is 9.66. The lowest BCUT2D eigenvalue weighted by molar-refractivity contribution is -0.127. The molecule has 5 aromatic rings. The highest BCUT2D eigenvalue weighted by Crippen LogP contribution is 2.33. The highest BCUT2D eigenvalue weighted by molar-refractivity contribution is 6.45. The number of nitrogens with zero attached hydrogens (tertiary/aromatic N) is 5. The summed E-state index contributed by atoms with van der Waals surface area (Å²) in [5.74, 6) is 4.89. The minimum absolute atomic E-state index is 0.0457. The first-order valence-electron chi connectivity index (χ1n) is 12.9. The molecule has 5 N–H and O–H groups in total. The average Bonchev–Trinajstić information content (AvgIpc) is 3.60. The van der Waals surface area contributed by atoms with E-state index in [0.29, 0.717) is 25.9 Å². The molecule has 10 nitrogen and oxygen atoms in total. The van der Waals surface area contributed by atoms with Gasteiger partial charge in [-0.2, -0.15) is 0 Å². The van der Waals surface area contributed by atoms with Crippen molar-refractivity contribution in [1.82, 2.24) is 24.4 Å². The van der Waals surface area contributed by atoms with Gasteiger partial charge < -0.3 is 15.6 Å². The van der Waals surface area contributed by atoms with E-state index in [-0.39, 0.29) is 28.2 Å².